The van der Waals surface area contributed by atoms with Gasteiger partial charge in [-0.25, -0.2) is 13.8 Å². The molecule has 4 nitrogen and oxygen atoms in total. The predicted molar refractivity (Wildman–Crippen MR) is 64.0 cm³/mol. The van der Waals surface area contributed by atoms with Gasteiger partial charge in [-0.3, -0.25) is 5.84 Å². The second kappa shape index (κ2) is 5.14. The number of anilines is 1. The molecule has 0 fully saturated rings. The molecule has 6 heteroatoms. The lowest BCUT2D eigenvalue weighted by Gasteiger charge is -2.13. The topological polar surface area (TPSA) is 60.2 Å². The fraction of sp³-hybridized carbons (Fsp3) is 0.250. The van der Waals surface area contributed by atoms with Crippen LogP contribution in [0.4, 0.5) is 14.5 Å². The Morgan fingerprint density at radius 2 is 2.22 bits per heavy atom. The molecule has 96 valence electrons. The van der Waals surface area contributed by atoms with Crippen molar-refractivity contribution in [1.82, 2.24) is 4.98 Å². The minimum Gasteiger partial charge on any atom is -0.433 e. The molecule has 2 rings (SSSR count). The lowest BCUT2D eigenvalue weighted by Crippen LogP contribution is -2.09. The van der Waals surface area contributed by atoms with Crippen molar-refractivity contribution in [1.29, 1.82) is 0 Å². The lowest BCUT2D eigenvalue weighted by molar-refractivity contribution is 0.351. The largest absolute Gasteiger partial charge is 0.433 e. The highest BCUT2D eigenvalue weighted by Crippen LogP contribution is 2.29. The van der Waals surface area contributed by atoms with Crippen LogP contribution in [0, 0.1) is 6.92 Å². The molecule has 1 aromatic heterocycles. The maximum absolute atomic E-state index is 13.4. The molecule has 1 heterocycles. The zero-order valence-corrected chi connectivity index (χ0v) is 9.84. The second-order valence-corrected chi connectivity index (χ2v) is 3.91. The van der Waals surface area contributed by atoms with Gasteiger partial charge in [-0.1, -0.05) is 0 Å². The molecule has 0 aromatic carbocycles. The number of nitrogens with one attached hydrogen (secondary N) is 1. The second-order valence-electron chi connectivity index (χ2n) is 3.91. The van der Waals surface area contributed by atoms with Crippen LogP contribution in [0.3, 0.4) is 0 Å². The third-order valence-electron chi connectivity index (χ3n) is 2.60. The highest BCUT2D eigenvalue weighted by molar-refractivity contribution is 5.49. The van der Waals surface area contributed by atoms with Crippen molar-refractivity contribution in [2.24, 2.45) is 5.84 Å². The summed E-state index contributed by atoms with van der Waals surface area (Å²) < 4.78 is 32.0. The molecule has 0 radical (unpaired) electrons. The number of aryl methyl sites for hydroxylation is 1. The zero-order valence-electron chi connectivity index (χ0n) is 9.84. The summed E-state index contributed by atoms with van der Waals surface area (Å²) in [6.07, 6.45) is 3.21. The number of hydrazine groups is 1. The number of nitrogens with two attached hydrogens (primary N) is 1. The van der Waals surface area contributed by atoms with E-state index in [9.17, 15) is 8.78 Å². The summed E-state index contributed by atoms with van der Waals surface area (Å²) in [6.45, 7) is 1.78. The van der Waals surface area contributed by atoms with Gasteiger partial charge in [0, 0.05) is 12.5 Å². The number of hydrogen-bond donors (Lipinski definition) is 2. The number of nitrogen functional groups attached to an aromatic ring is 1. The molecule has 1 aromatic rings. The van der Waals surface area contributed by atoms with Crippen LogP contribution in [0.5, 0.6) is 5.88 Å². The van der Waals surface area contributed by atoms with Crippen LogP contribution in [0.2, 0.25) is 0 Å². The van der Waals surface area contributed by atoms with Crippen LogP contribution in [-0.4, -0.2) is 4.98 Å². The molecular weight excluding hydrogens is 240 g/mol. The fourth-order valence-corrected chi connectivity index (χ4v) is 1.61. The SMILES string of the molecule is Cc1cc(OC2=C(F)CCC=C2F)ncc1NN. The zero-order chi connectivity index (χ0) is 13.1. The number of ether oxygens (including phenoxy) is 1. The molecule has 0 amide bonds. The first-order valence-corrected chi connectivity index (χ1v) is 5.47. The summed E-state index contributed by atoms with van der Waals surface area (Å²) in [5.74, 6) is 3.70. The van der Waals surface area contributed by atoms with Gasteiger partial charge in [0.05, 0.1) is 11.9 Å². The van der Waals surface area contributed by atoms with Crippen LogP contribution in [0.1, 0.15) is 18.4 Å². The number of rotatable bonds is 3. The van der Waals surface area contributed by atoms with Gasteiger partial charge >= 0.3 is 0 Å². The molecule has 18 heavy (non-hydrogen) atoms. The van der Waals surface area contributed by atoms with E-state index >= 15 is 0 Å². The number of aromatic nitrogens is 1. The van der Waals surface area contributed by atoms with Crippen LogP contribution in [0.15, 0.2) is 35.8 Å². The maximum atomic E-state index is 13.4. The molecule has 0 saturated carbocycles. The Balaban J connectivity index is 2.24. The van der Waals surface area contributed by atoms with E-state index in [1.54, 1.807) is 13.0 Å². The maximum Gasteiger partial charge on any atom is 0.219 e. The number of allylic oxidation sites excluding steroid dienone is 3. The van der Waals surface area contributed by atoms with Gasteiger partial charge < -0.3 is 10.2 Å². The van der Waals surface area contributed by atoms with Gasteiger partial charge in [0.1, 0.15) is 5.83 Å². The Morgan fingerprint density at radius 1 is 1.44 bits per heavy atom. The van der Waals surface area contributed by atoms with Crippen LogP contribution >= 0.6 is 0 Å². The Hall–Kier alpha value is -1.95. The van der Waals surface area contributed by atoms with Crippen LogP contribution in [-0.2, 0) is 0 Å². The number of hydrogen-bond acceptors (Lipinski definition) is 4. The van der Waals surface area contributed by atoms with Crippen molar-refractivity contribution in [2.75, 3.05) is 5.43 Å². The number of nitrogens with zero attached hydrogens (tertiary/aromatic N) is 1. The molecule has 0 aliphatic heterocycles. The average molecular weight is 253 g/mol. The molecule has 0 saturated heterocycles. The minimum absolute atomic E-state index is 0.127. The van der Waals surface area contributed by atoms with E-state index in [1.165, 1.54) is 12.3 Å². The summed E-state index contributed by atoms with van der Waals surface area (Å²) in [7, 11) is 0. The lowest BCUT2D eigenvalue weighted by atomic mass is 10.1. The molecule has 0 spiro atoms. The number of pyridine rings is 1. The first-order chi connectivity index (χ1) is 8.61. The average Bonchev–Trinajstić information content (AvgIpc) is 2.34. The Bertz CT molecular complexity index is 526. The summed E-state index contributed by atoms with van der Waals surface area (Å²) >= 11 is 0. The van der Waals surface area contributed by atoms with Crippen molar-refractivity contribution >= 4 is 5.69 Å². The molecule has 1 aliphatic carbocycles. The van der Waals surface area contributed by atoms with Gasteiger partial charge in [-0.15, -0.1) is 0 Å². The predicted octanol–water partition coefficient (Wildman–Crippen LogP) is 2.88. The van der Waals surface area contributed by atoms with Crippen molar-refractivity contribution in [2.45, 2.75) is 19.8 Å². The standard InChI is InChI=1S/C12H13F2N3O/c1-7-5-11(16-6-10(7)17-15)18-12-8(13)3-2-4-9(12)14/h3,5-6,17H,2,4,15H2,1H3. The van der Waals surface area contributed by atoms with Gasteiger partial charge in [0.25, 0.3) is 0 Å². The van der Waals surface area contributed by atoms with Crippen molar-refractivity contribution in [3.8, 4) is 5.88 Å². The summed E-state index contributed by atoms with van der Waals surface area (Å²) in [4.78, 5) is 3.91. The van der Waals surface area contributed by atoms with Gasteiger partial charge in [0.15, 0.2) is 11.6 Å². The summed E-state index contributed by atoms with van der Waals surface area (Å²) in [5, 5.41) is 0. The Morgan fingerprint density at radius 3 is 2.83 bits per heavy atom. The minimum atomic E-state index is -0.695. The first kappa shape index (κ1) is 12.5. The smallest absolute Gasteiger partial charge is 0.219 e. The van der Waals surface area contributed by atoms with Crippen molar-refractivity contribution in [3.63, 3.8) is 0 Å². The molecule has 0 unspecified atom stereocenters. The van der Waals surface area contributed by atoms with Gasteiger partial charge in [0.2, 0.25) is 5.88 Å². The van der Waals surface area contributed by atoms with Crippen LogP contribution in [0.25, 0.3) is 0 Å². The Kier molecular flexibility index (Phi) is 3.57. The quantitative estimate of drug-likeness (QED) is 0.642. The summed E-state index contributed by atoms with van der Waals surface area (Å²) in [5.41, 5.74) is 3.84. The van der Waals surface area contributed by atoms with E-state index < -0.39 is 11.7 Å². The van der Waals surface area contributed by atoms with Gasteiger partial charge in [-0.2, -0.15) is 0 Å². The summed E-state index contributed by atoms with van der Waals surface area (Å²) in [6, 6.07) is 1.55. The third-order valence-corrected chi connectivity index (χ3v) is 2.60. The van der Waals surface area contributed by atoms with E-state index in [2.05, 4.69) is 10.4 Å². The van der Waals surface area contributed by atoms with E-state index in [4.69, 9.17) is 10.6 Å². The molecule has 3 N–H and O–H groups in total. The fourth-order valence-electron chi connectivity index (χ4n) is 1.61. The highest BCUT2D eigenvalue weighted by Gasteiger charge is 2.19. The normalized spacial score (nSPS) is 15.4. The Labute approximate surface area is 103 Å². The van der Waals surface area contributed by atoms with Crippen LogP contribution < -0.4 is 16.0 Å². The van der Waals surface area contributed by atoms with E-state index in [0.29, 0.717) is 12.1 Å². The molecule has 1 aliphatic rings. The van der Waals surface area contributed by atoms with Crippen molar-refractivity contribution < 1.29 is 13.5 Å². The molecule has 0 bridgehead atoms. The number of halogens is 2. The van der Waals surface area contributed by atoms with E-state index in [0.717, 1.165) is 5.56 Å². The third kappa shape index (κ3) is 2.48. The molecule has 0 atom stereocenters. The highest BCUT2D eigenvalue weighted by atomic mass is 19.1. The first-order valence-electron chi connectivity index (χ1n) is 5.47. The molecular formula is C12H13F2N3O. The monoisotopic (exact) mass is 253 g/mol. The van der Waals surface area contributed by atoms with Gasteiger partial charge in [-0.05, 0) is 25.0 Å². The van der Waals surface area contributed by atoms with E-state index in [-0.39, 0.29) is 18.1 Å². The van der Waals surface area contributed by atoms with E-state index in [1.807, 2.05) is 0 Å². The van der Waals surface area contributed by atoms with Crippen molar-refractivity contribution in [3.05, 3.63) is 41.3 Å².